The Bertz CT molecular complexity index is 1500. The van der Waals surface area contributed by atoms with Crippen molar-refractivity contribution in [3.8, 4) is 0 Å². The van der Waals surface area contributed by atoms with Gasteiger partial charge in [0.25, 0.3) is 0 Å². The lowest BCUT2D eigenvalue weighted by Crippen LogP contribution is -2.18. The number of carbonyl (C=O) groups is 2. The summed E-state index contributed by atoms with van der Waals surface area (Å²) in [6, 6.07) is 10.1. The van der Waals surface area contributed by atoms with E-state index in [1.165, 1.54) is 7.11 Å². The molecule has 3 N–H and O–H groups in total. The third-order valence-corrected chi connectivity index (χ3v) is 7.33. The minimum Gasteiger partial charge on any atom is -0.464 e. The second-order valence-electron chi connectivity index (χ2n) is 9.89. The predicted molar refractivity (Wildman–Crippen MR) is 153 cm³/mol. The number of fused-ring (bicyclic) bond motifs is 2. The fraction of sp³-hybridized carbons (Fsp3) is 0.367. The van der Waals surface area contributed by atoms with E-state index in [2.05, 4.69) is 33.8 Å². The van der Waals surface area contributed by atoms with Gasteiger partial charge in [-0.1, -0.05) is 30.4 Å². The number of ether oxygens (including phenoxy) is 2. The van der Waals surface area contributed by atoms with Gasteiger partial charge in [0, 0.05) is 42.7 Å². The van der Waals surface area contributed by atoms with E-state index in [0.717, 1.165) is 48.0 Å². The van der Waals surface area contributed by atoms with Crippen molar-refractivity contribution in [1.29, 1.82) is 0 Å². The number of nitrogens with zero attached hydrogens (tertiary/aromatic N) is 2. The van der Waals surface area contributed by atoms with Crippen molar-refractivity contribution in [1.82, 2.24) is 14.5 Å². The normalized spacial score (nSPS) is 15.1. The van der Waals surface area contributed by atoms with E-state index in [9.17, 15) is 9.59 Å². The van der Waals surface area contributed by atoms with E-state index in [-0.39, 0.29) is 24.6 Å². The zero-order valence-electron chi connectivity index (χ0n) is 22.5. The van der Waals surface area contributed by atoms with Crippen LogP contribution in [0, 0.1) is 5.92 Å². The SMILES string of the molecule is COCCC(=O)Nc1c(C(=O)OC)n(CCc2c[nH]c3ccccc23)c2ncc(NC[C@@H]3CC=CCC3)cc12. The molecule has 3 heterocycles. The molecule has 39 heavy (non-hydrogen) atoms. The molecule has 4 aromatic rings. The Hall–Kier alpha value is -4.11. The molecule has 5 rings (SSSR count). The number of methoxy groups -OCH3 is 2. The quantitative estimate of drug-likeness (QED) is 0.180. The summed E-state index contributed by atoms with van der Waals surface area (Å²) in [5.41, 5.74) is 4.34. The molecule has 9 heteroatoms. The van der Waals surface area contributed by atoms with Gasteiger partial charge in [0.05, 0.1) is 37.7 Å². The average Bonchev–Trinajstić information content (AvgIpc) is 3.52. The molecule has 1 aliphatic carbocycles. The molecule has 1 atom stereocenters. The first-order chi connectivity index (χ1) is 19.1. The van der Waals surface area contributed by atoms with Crippen molar-refractivity contribution >= 4 is 45.2 Å². The number of anilines is 2. The molecule has 1 aromatic carbocycles. The van der Waals surface area contributed by atoms with Crippen molar-refractivity contribution in [3.05, 3.63) is 66.1 Å². The van der Waals surface area contributed by atoms with Crippen LogP contribution in [0.15, 0.2) is 54.9 Å². The Balaban J connectivity index is 1.52. The Labute approximate surface area is 227 Å². The molecule has 204 valence electrons. The van der Waals surface area contributed by atoms with Crippen LogP contribution in [0.4, 0.5) is 11.4 Å². The smallest absolute Gasteiger partial charge is 0.356 e. The monoisotopic (exact) mass is 529 g/mol. The predicted octanol–water partition coefficient (Wildman–Crippen LogP) is 5.29. The first-order valence-corrected chi connectivity index (χ1v) is 13.4. The van der Waals surface area contributed by atoms with E-state index in [1.54, 1.807) is 13.3 Å². The maximum Gasteiger partial charge on any atom is 0.356 e. The third kappa shape index (κ3) is 5.83. The highest BCUT2D eigenvalue weighted by Crippen LogP contribution is 2.34. The second-order valence-corrected chi connectivity index (χ2v) is 9.89. The number of pyridine rings is 1. The van der Waals surface area contributed by atoms with Crippen LogP contribution in [0.3, 0.4) is 0 Å². The zero-order valence-corrected chi connectivity index (χ0v) is 22.5. The Morgan fingerprint density at radius 2 is 2.05 bits per heavy atom. The molecular formula is C30H35N5O4. The number of hydrogen-bond acceptors (Lipinski definition) is 6. The lowest BCUT2D eigenvalue weighted by Gasteiger charge is -2.18. The van der Waals surface area contributed by atoms with Crippen LogP contribution in [0.5, 0.6) is 0 Å². The van der Waals surface area contributed by atoms with Gasteiger partial charge in [-0.25, -0.2) is 9.78 Å². The van der Waals surface area contributed by atoms with Crippen LogP contribution in [0.2, 0.25) is 0 Å². The molecule has 0 aliphatic heterocycles. The van der Waals surface area contributed by atoms with Crippen LogP contribution in [0.25, 0.3) is 21.9 Å². The van der Waals surface area contributed by atoms with Gasteiger partial charge in [0.1, 0.15) is 5.65 Å². The molecule has 9 nitrogen and oxygen atoms in total. The molecule has 0 bridgehead atoms. The number of amides is 1. The number of aromatic nitrogens is 3. The van der Waals surface area contributed by atoms with Gasteiger partial charge >= 0.3 is 5.97 Å². The topological polar surface area (TPSA) is 110 Å². The maximum absolute atomic E-state index is 13.1. The lowest BCUT2D eigenvalue weighted by atomic mass is 9.94. The van der Waals surface area contributed by atoms with Gasteiger partial charge in [-0.3, -0.25) is 4.79 Å². The standard InChI is InChI=1S/C30H35N5O4/c1-38-15-13-26(36)34-27-24-16-22(31-17-20-8-4-3-5-9-20)19-33-29(24)35(28(27)30(37)39-2)14-12-21-18-32-25-11-7-6-10-23(21)25/h3-4,6-7,10-11,16,18-20,31-32H,5,8-9,12-15,17H2,1-2H3,(H,34,36)/t20-/m1/s1. The number of aromatic amines is 1. The second kappa shape index (κ2) is 12.2. The summed E-state index contributed by atoms with van der Waals surface area (Å²) < 4.78 is 12.1. The summed E-state index contributed by atoms with van der Waals surface area (Å²) in [4.78, 5) is 34.0. The van der Waals surface area contributed by atoms with E-state index in [1.807, 2.05) is 35.0 Å². The van der Waals surface area contributed by atoms with Gasteiger partial charge in [-0.2, -0.15) is 0 Å². The zero-order chi connectivity index (χ0) is 27.2. The van der Waals surface area contributed by atoms with Crippen molar-refractivity contribution in [3.63, 3.8) is 0 Å². The molecule has 1 aliphatic rings. The fourth-order valence-electron chi connectivity index (χ4n) is 5.25. The number of benzene rings is 1. The largest absolute Gasteiger partial charge is 0.464 e. The first kappa shape index (κ1) is 26.5. The van der Waals surface area contributed by atoms with Crippen LogP contribution < -0.4 is 10.6 Å². The molecule has 0 saturated carbocycles. The molecule has 3 aromatic heterocycles. The van der Waals surface area contributed by atoms with Crippen molar-refractivity contribution < 1.29 is 19.1 Å². The van der Waals surface area contributed by atoms with Crippen molar-refractivity contribution in [2.75, 3.05) is 38.0 Å². The first-order valence-electron chi connectivity index (χ1n) is 13.4. The van der Waals surface area contributed by atoms with E-state index < -0.39 is 5.97 Å². The number of allylic oxidation sites excluding steroid dienone is 2. The molecule has 0 saturated heterocycles. The van der Waals surface area contributed by atoms with Gasteiger partial charge in [-0.15, -0.1) is 0 Å². The number of H-pyrrole nitrogens is 1. The van der Waals surface area contributed by atoms with Gasteiger partial charge < -0.3 is 29.7 Å². The highest BCUT2D eigenvalue weighted by atomic mass is 16.5. The summed E-state index contributed by atoms with van der Waals surface area (Å²) in [6.07, 6.45) is 12.4. The van der Waals surface area contributed by atoms with Crippen LogP contribution in [-0.2, 0) is 27.2 Å². The molecule has 0 spiro atoms. The van der Waals surface area contributed by atoms with Crippen LogP contribution >= 0.6 is 0 Å². The number of para-hydroxylation sites is 1. The Morgan fingerprint density at radius 1 is 1.18 bits per heavy atom. The Kier molecular flexibility index (Phi) is 8.27. The number of rotatable bonds is 11. The fourth-order valence-corrected chi connectivity index (χ4v) is 5.25. The Morgan fingerprint density at radius 3 is 2.85 bits per heavy atom. The van der Waals surface area contributed by atoms with Gasteiger partial charge in [-0.05, 0) is 49.3 Å². The summed E-state index contributed by atoms with van der Waals surface area (Å²) in [5, 5.41) is 8.29. The van der Waals surface area contributed by atoms with E-state index >= 15 is 0 Å². The minimum atomic E-state index is -0.530. The summed E-state index contributed by atoms with van der Waals surface area (Å²) >= 11 is 0. The van der Waals surface area contributed by atoms with Crippen LogP contribution in [-0.4, -0.2) is 53.8 Å². The number of aryl methyl sites for hydroxylation is 2. The highest BCUT2D eigenvalue weighted by Gasteiger charge is 2.26. The van der Waals surface area contributed by atoms with Crippen molar-refractivity contribution in [2.24, 2.45) is 5.92 Å². The highest BCUT2D eigenvalue weighted by molar-refractivity contribution is 6.11. The molecule has 0 fully saturated rings. The third-order valence-electron chi connectivity index (χ3n) is 7.33. The van der Waals surface area contributed by atoms with E-state index in [4.69, 9.17) is 14.5 Å². The molecular weight excluding hydrogens is 494 g/mol. The number of nitrogens with one attached hydrogen (secondary N) is 3. The summed E-state index contributed by atoms with van der Waals surface area (Å²) in [6.45, 7) is 1.59. The summed E-state index contributed by atoms with van der Waals surface area (Å²) in [7, 11) is 2.90. The number of carbonyl (C=O) groups excluding carboxylic acids is 2. The number of esters is 1. The van der Waals surface area contributed by atoms with E-state index in [0.29, 0.717) is 35.6 Å². The summed E-state index contributed by atoms with van der Waals surface area (Å²) in [5.74, 6) is -0.215. The van der Waals surface area contributed by atoms with Crippen molar-refractivity contribution in [2.45, 2.75) is 38.6 Å². The lowest BCUT2D eigenvalue weighted by molar-refractivity contribution is -0.117. The minimum absolute atomic E-state index is 0.166. The van der Waals surface area contributed by atoms with Gasteiger partial charge in [0.2, 0.25) is 5.91 Å². The average molecular weight is 530 g/mol. The van der Waals surface area contributed by atoms with Gasteiger partial charge in [0.15, 0.2) is 5.69 Å². The maximum atomic E-state index is 13.1. The number of hydrogen-bond donors (Lipinski definition) is 3. The van der Waals surface area contributed by atoms with Crippen LogP contribution in [0.1, 0.15) is 41.7 Å². The molecule has 1 amide bonds. The molecule has 0 unspecified atom stereocenters. The molecule has 0 radical (unpaired) electrons.